The first-order chi connectivity index (χ1) is 12.7. The van der Waals surface area contributed by atoms with E-state index >= 15 is 0 Å². The molecule has 0 saturated carbocycles. The van der Waals surface area contributed by atoms with Crippen molar-refractivity contribution in [2.24, 2.45) is 5.73 Å². The van der Waals surface area contributed by atoms with Gasteiger partial charge in [0.2, 0.25) is 0 Å². The van der Waals surface area contributed by atoms with Crippen LogP contribution < -0.4 is 11.1 Å². The standard InChI is InChI=1S/C22H32N4/c1-17-9-10-22(25-14-17)18(2)26(12-6-5-11-23)16-21-13-19-7-3-4-8-20(19)15-24-21/h3-4,7-10,14,18,21,24H,5-6,11-13,15-16,23H2,1-2H3/t18?,21-/m1/s1. The van der Waals surface area contributed by atoms with Crippen LogP contribution in [0.2, 0.25) is 0 Å². The van der Waals surface area contributed by atoms with Crippen molar-refractivity contribution in [1.29, 1.82) is 0 Å². The molecule has 1 unspecified atom stereocenters. The van der Waals surface area contributed by atoms with Crippen LogP contribution in [0.25, 0.3) is 0 Å². The predicted octanol–water partition coefficient (Wildman–Crippen LogP) is 3.21. The van der Waals surface area contributed by atoms with E-state index in [9.17, 15) is 0 Å². The molecule has 3 rings (SSSR count). The molecule has 3 N–H and O–H groups in total. The molecule has 1 aromatic carbocycles. The summed E-state index contributed by atoms with van der Waals surface area (Å²) in [4.78, 5) is 7.24. The maximum Gasteiger partial charge on any atom is 0.0572 e. The fourth-order valence-corrected chi connectivity index (χ4v) is 3.75. The van der Waals surface area contributed by atoms with E-state index in [0.29, 0.717) is 12.1 Å². The molecule has 2 heterocycles. The van der Waals surface area contributed by atoms with E-state index in [4.69, 9.17) is 5.73 Å². The van der Waals surface area contributed by atoms with Crippen molar-refractivity contribution in [3.8, 4) is 0 Å². The molecule has 2 aromatic rings. The minimum Gasteiger partial charge on any atom is -0.330 e. The lowest BCUT2D eigenvalue weighted by molar-refractivity contribution is 0.177. The molecule has 0 bridgehead atoms. The number of pyridine rings is 1. The minimum absolute atomic E-state index is 0.312. The summed E-state index contributed by atoms with van der Waals surface area (Å²) in [6.45, 7) is 8.19. The van der Waals surface area contributed by atoms with Gasteiger partial charge >= 0.3 is 0 Å². The van der Waals surface area contributed by atoms with Gasteiger partial charge < -0.3 is 11.1 Å². The zero-order valence-corrected chi connectivity index (χ0v) is 16.1. The smallest absolute Gasteiger partial charge is 0.0572 e. The molecule has 1 aromatic heterocycles. The van der Waals surface area contributed by atoms with Crippen molar-refractivity contribution in [2.45, 2.75) is 51.7 Å². The fraction of sp³-hybridized carbons (Fsp3) is 0.500. The van der Waals surface area contributed by atoms with E-state index in [-0.39, 0.29) is 0 Å². The van der Waals surface area contributed by atoms with Gasteiger partial charge in [-0.15, -0.1) is 0 Å². The molecule has 0 saturated heterocycles. The van der Waals surface area contributed by atoms with E-state index in [2.05, 4.69) is 65.4 Å². The number of nitrogens with one attached hydrogen (secondary N) is 1. The lowest BCUT2D eigenvalue weighted by Crippen LogP contribution is -2.45. The second-order valence-corrected chi connectivity index (χ2v) is 7.48. The van der Waals surface area contributed by atoms with E-state index in [1.165, 1.54) is 16.7 Å². The van der Waals surface area contributed by atoms with Crippen LogP contribution in [0.4, 0.5) is 0 Å². The van der Waals surface area contributed by atoms with Gasteiger partial charge in [0.25, 0.3) is 0 Å². The monoisotopic (exact) mass is 352 g/mol. The Hall–Kier alpha value is -1.75. The number of aryl methyl sites for hydroxylation is 1. The van der Waals surface area contributed by atoms with Gasteiger partial charge in [-0.1, -0.05) is 30.3 Å². The third kappa shape index (κ3) is 4.91. The molecular formula is C22H32N4. The highest BCUT2D eigenvalue weighted by Gasteiger charge is 2.23. The fourth-order valence-electron chi connectivity index (χ4n) is 3.75. The molecule has 26 heavy (non-hydrogen) atoms. The van der Waals surface area contributed by atoms with Crippen LogP contribution in [-0.2, 0) is 13.0 Å². The average Bonchev–Trinajstić information content (AvgIpc) is 2.67. The van der Waals surface area contributed by atoms with E-state index in [0.717, 1.165) is 51.1 Å². The van der Waals surface area contributed by atoms with E-state index in [1.807, 2.05) is 6.20 Å². The maximum absolute atomic E-state index is 5.71. The number of hydrogen-bond acceptors (Lipinski definition) is 4. The molecule has 4 nitrogen and oxygen atoms in total. The molecule has 4 heteroatoms. The Bertz CT molecular complexity index is 683. The van der Waals surface area contributed by atoms with Crippen molar-refractivity contribution in [2.75, 3.05) is 19.6 Å². The number of unbranched alkanes of at least 4 members (excludes halogenated alkanes) is 1. The number of fused-ring (bicyclic) bond motifs is 1. The summed E-state index contributed by atoms with van der Waals surface area (Å²) < 4.78 is 0. The zero-order chi connectivity index (χ0) is 18.4. The van der Waals surface area contributed by atoms with E-state index < -0.39 is 0 Å². The molecule has 0 amide bonds. The Balaban J connectivity index is 1.68. The summed E-state index contributed by atoms with van der Waals surface area (Å²) in [6.07, 6.45) is 5.28. The number of nitrogens with zero attached hydrogens (tertiary/aromatic N) is 2. The number of aromatic nitrogens is 1. The van der Waals surface area contributed by atoms with Crippen molar-refractivity contribution >= 4 is 0 Å². The lowest BCUT2D eigenvalue weighted by atomic mass is 9.95. The van der Waals surface area contributed by atoms with Crippen molar-refractivity contribution in [3.05, 3.63) is 65.0 Å². The van der Waals surface area contributed by atoms with Crippen LogP contribution >= 0.6 is 0 Å². The van der Waals surface area contributed by atoms with Gasteiger partial charge in [-0.3, -0.25) is 9.88 Å². The normalized spacial score (nSPS) is 17.9. The SMILES string of the molecule is Cc1ccc(C(C)N(CCCCN)C[C@H]2Cc3ccccc3CN2)nc1. The van der Waals surface area contributed by atoms with Gasteiger partial charge in [0.15, 0.2) is 0 Å². The molecule has 0 spiro atoms. The highest BCUT2D eigenvalue weighted by molar-refractivity contribution is 5.30. The van der Waals surface area contributed by atoms with Gasteiger partial charge in [0.05, 0.1) is 5.69 Å². The third-order valence-corrected chi connectivity index (χ3v) is 5.43. The molecule has 0 fully saturated rings. The molecule has 140 valence electrons. The second kappa shape index (κ2) is 9.26. The number of benzene rings is 1. The maximum atomic E-state index is 5.71. The predicted molar refractivity (Wildman–Crippen MR) is 108 cm³/mol. The Morgan fingerprint density at radius 3 is 2.73 bits per heavy atom. The molecule has 2 atom stereocenters. The highest BCUT2D eigenvalue weighted by atomic mass is 15.2. The molecule has 0 radical (unpaired) electrons. The summed E-state index contributed by atoms with van der Waals surface area (Å²) >= 11 is 0. The van der Waals surface area contributed by atoms with Crippen LogP contribution in [0.1, 0.15) is 48.2 Å². The van der Waals surface area contributed by atoms with Crippen molar-refractivity contribution in [3.63, 3.8) is 0 Å². The molecule has 0 aliphatic carbocycles. The van der Waals surface area contributed by atoms with Crippen LogP contribution in [0.3, 0.4) is 0 Å². The quantitative estimate of drug-likeness (QED) is 0.716. The molecular weight excluding hydrogens is 320 g/mol. The summed E-state index contributed by atoms with van der Waals surface area (Å²) in [7, 11) is 0. The number of hydrogen-bond donors (Lipinski definition) is 2. The number of nitrogens with two attached hydrogens (primary N) is 1. The van der Waals surface area contributed by atoms with Gasteiger partial charge in [-0.2, -0.15) is 0 Å². The van der Waals surface area contributed by atoms with Crippen LogP contribution in [-0.4, -0.2) is 35.6 Å². The van der Waals surface area contributed by atoms with E-state index in [1.54, 1.807) is 0 Å². The van der Waals surface area contributed by atoms with Gasteiger partial charge in [-0.25, -0.2) is 0 Å². The molecule has 1 aliphatic heterocycles. The first-order valence-corrected chi connectivity index (χ1v) is 9.84. The second-order valence-electron chi connectivity index (χ2n) is 7.48. The zero-order valence-electron chi connectivity index (χ0n) is 16.1. The topological polar surface area (TPSA) is 54.2 Å². The van der Waals surface area contributed by atoms with Crippen molar-refractivity contribution in [1.82, 2.24) is 15.2 Å². The summed E-state index contributed by atoms with van der Waals surface area (Å²) in [5, 5.41) is 3.72. The summed E-state index contributed by atoms with van der Waals surface area (Å²) in [5.74, 6) is 0. The van der Waals surface area contributed by atoms with Gasteiger partial charge in [0, 0.05) is 31.4 Å². The van der Waals surface area contributed by atoms with Gasteiger partial charge in [-0.05, 0) is 69.0 Å². The first kappa shape index (κ1) is 19.0. The average molecular weight is 353 g/mol. The van der Waals surface area contributed by atoms with Crippen LogP contribution in [0.15, 0.2) is 42.6 Å². The first-order valence-electron chi connectivity index (χ1n) is 9.84. The van der Waals surface area contributed by atoms with Crippen molar-refractivity contribution < 1.29 is 0 Å². The minimum atomic E-state index is 0.312. The Morgan fingerprint density at radius 1 is 1.19 bits per heavy atom. The summed E-state index contributed by atoms with van der Waals surface area (Å²) in [6, 6.07) is 13.9. The largest absolute Gasteiger partial charge is 0.330 e. The summed E-state index contributed by atoms with van der Waals surface area (Å²) in [5.41, 5.74) is 11.0. The Labute approximate surface area is 157 Å². The molecule has 1 aliphatic rings. The lowest BCUT2D eigenvalue weighted by Gasteiger charge is -2.35. The Kier molecular flexibility index (Phi) is 6.78. The van der Waals surface area contributed by atoms with Gasteiger partial charge in [0.1, 0.15) is 0 Å². The van der Waals surface area contributed by atoms with Crippen LogP contribution in [0, 0.1) is 6.92 Å². The highest BCUT2D eigenvalue weighted by Crippen LogP contribution is 2.22. The Morgan fingerprint density at radius 2 is 2.00 bits per heavy atom. The third-order valence-electron chi connectivity index (χ3n) is 5.43. The van der Waals surface area contributed by atoms with Crippen LogP contribution in [0.5, 0.6) is 0 Å². The number of rotatable bonds is 8.